The molecule has 0 aliphatic rings. The highest BCUT2D eigenvalue weighted by Crippen LogP contribution is 2.24. The minimum absolute atomic E-state index is 0.445. The zero-order valence-electron chi connectivity index (χ0n) is 9.51. The number of para-hydroxylation sites is 1. The topological polar surface area (TPSA) is 79.7 Å². The lowest BCUT2D eigenvalue weighted by Crippen LogP contribution is -2.00. The Morgan fingerprint density at radius 1 is 1.47 bits per heavy atom. The van der Waals surface area contributed by atoms with Gasteiger partial charge in [0.25, 0.3) is 0 Å². The van der Waals surface area contributed by atoms with Crippen LogP contribution in [0.15, 0.2) is 30.5 Å². The second kappa shape index (κ2) is 4.58. The number of benzene rings is 1. The summed E-state index contributed by atoms with van der Waals surface area (Å²) in [6.45, 7) is 2.83. The molecule has 5 nitrogen and oxygen atoms in total. The third kappa shape index (κ3) is 2.21. The SMILES string of the molecule is CCn1ccc(Nc2cccc(C#N)c2N)n1. The van der Waals surface area contributed by atoms with Crippen molar-refractivity contribution < 1.29 is 0 Å². The van der Waals surface area contributed by atoms with Gasteiger partial charge in [-0.25, -0.2) is 0 Å². The molecule has 1 heterocycles. The summed E-state index contributed by atoms with van der Waals surface area (Å²) in [5.74, 6) is 0.716. The standard InChI is InChI=1S/C12H13N5/c1-2-17-7-6-11(16-17)15-10-5-3-4-9(8-13)12(10)14/h3-7H,2,14H2,1H3,(H,15,16). The van der Waals surface area contributed by atoms with E-state index in [1.165, 1.54) is 0 Å². The Balaban J connectivity index is 2.27. The van der Waals surface area contributed by atoms with E-state index in [2.05, 4.69) is 10.4 Å². The van der Waals surface area contributed by atoms with Crippen LogP contribution in [-0.2, 0) is 6.54 Å². The molecule has 1 aromatic carbocycles. The highest BCUT2D eigenvalue weighted by atomic mass is 15.3. The van der Waals surface area contributed by atoms with Crippen LogP contribution in [0.3, 0.4) is 0 Å². The maximum absolute atomic E-state index is 8.87. The molecule has 0 aliphatic carbocycles. The molecule has 0 radical (unpaired) electrons. The van der Waals surface area contributed by atoms with Gasteiger partial charge >= 0.3 is 0 Å². The van der Waals surface area contributed by atoms with Crippen molar-refractivity contribution in [3.05, 3.63) is 36.0 Å². The van der Waals surface area contributed by atoms with Gasteiger partial charge in [0.05, 0.1) is 16.9 Å². The number of aryl methyl sites for hydroxylation is 1. The number of hydrogen-bond acceptors (Lipinski definition) is 4. The first kappa shape index (κ1) is 11.0. The first-order valence-corrected chi connectivity index (χ1v) is 5.33. The van der Waals surface area contributed by atoms with Crippen molar-refractivity contribution in [1.82, 2.24) is 9.78 Å². The summed E-state index contributed by atoms with van der Waals surface area (Å²) in [4.78, 5) is 0. The summed E-state index contributed by atoms with van der Waals surface area (Å²) in [5, 5.41) is 16.3. The Hall–Kier alpha value is -2.48. The predicted molar refractivity (Wildman–Crippen MR) is 66.8 cm³/mol. The molecule has 2 aromatic rings. The summed E-state index contributed by atoms with van der Waals surface area (Å²) in [6, 6.07) is 9.20. The van der Waals surface area contributed by atoms with Crippen LogP contribution >= 0.6 is 0 Å². The van der Waals surface area contributed by atoms with Crippen molar-refractivity contribution in [1.29, 1.82) is 5.26 Å². The molecular formula is C12H13N5. The molecule has 1 aromatic heterocycles. The largest absolute Gasteiger partial charge is 0.396 e. The Kier molecular flexibility index (Phi) is 2.97. The fourth-order valence-electron chi connectivity index (χ4n) is 1.51. The van der Waals surface area contributed by atoms with Crippen molar-refractivity contribution in [2.45, 2.75) is 13.5 Å². The molecule has 3 N–H and O–H groups in total. The summed E-state index contributed by atoms with van der Waals surface area (Å²) >= 11 is 0. The average Bonchev–Trinajstić information content (AvgIpc) is 2.79. The quantitative estimate of drug-likeness (QED) is 0.787. The van der Waals surface area contributed by atoms with Gasteiger partial charge in [-0.3, -0.25) is 4.68 Å². The zero-order valence-corrected chi connectivity index (χ0v) is 9.51. The van der Waals surface area contributed by atoms with E-state index in [9.17, 15) is 0 Å². The molecule has 0 bridgehead atoms. The number of hydrogen-bond donors (Lipinski definition) is 2. The Bertz CT molecular complexity index is 565. The molecule has 0 aliphatic heterocycles. The van der Waals surface area contributed by atoms with Crippen molar-refractivity contribution in [2.75, 3.05) is 11.1 Å². The summed E-state index contributed by atoms with van der Waals surface area (Å²) in [6.07, 6.45) is 1.88. The van der Waals surface area contributed by atoms with Gasteiger partial charge in [-0.05, 0) is 19.1 Å². The maximum Gasteiger partial charge on any atom is 0.152 e. The first-order valence-electron chi connectivity index (χ1n) is 5.33. The number of aromatic nitrogens is 2. The molecule has 0 saturated heterocycles. The Labute approximate surface area is 99.5 Å². The van der Waals surface area contributed by atoms with E-state index in [4.69, 9.17) is 11.0 Å². The lowest BCUT2D eigenvalue weighted by Gasteiger charge is -2.07. The van der Waals surface area contributed by atoms with Crippen LogP contribution in [0.4, 0.5) is 17.2 Å². The highest BCUT2D eigenvalue weighted by molar-refractivity contribution is 5.76. The van der Waals surface area contributed by atoms with E-state index < -0.39 is 0 Å². The average molecular weight is 227 g/mol. The third-order valence-electron chi connectivity index (χ3n) is 2.45. The number of anilines is 3. The molecule has 0 atom stereocenters. The molecule has 0 spiro atoms. The lowest BCUT2D eigenvalue weighted by molar-refractivity contribution is 0.662. The van der Waals surface area contributed by atoms with Crippen molar-refractivity contribution in [3.63, 3.8) is 0 Å². The fourth-order valence-corrected chi connectivity index (χ4v) is 1.51. The van der Waals surface area contributed by atoms with Gasteiger partial charge in [-0.2, -0.15) is 10.4 Å². The van der Waals surface area contributed by atoms with Gasteiger partial charge in [-0.1, -0.05) is 6.07 Å². The zero-order chi connectivity index (χ0) is 12.3. The van der Waals surface area contributed by atoms with Crippen molar-refractivity contribution in [2.24, 2.45) is 0 Å². The molecule has 0 saturated carbocycles. The number of rotatable bonds is 3. The van der Waals surface area contributed by atoms with Gasteiger partial charge in [0.2, 0.25) is 0 Å². The van der Waals surface area contributed by atoms with Crippen LogP contribution in [0.1, 0.15) is 12.5 Å². The van der Waals surface area contributed by atoms with Gasteiger partial charge in [-0.15, -0.1) is 0 Å². The van der Waals surface area contributed by atoms with Crippen molar-refractivity contribution in [3.8, 4) is 6.07 Å². The molecule has 86 valence electrons. The van der Waals surface area contributed by atoms with Gasteiger partial charge < -0.3 is 11.1 Å². The van der Waals surface area contributed by atoms with E-state index in [0.29, 0.717) is 22.8 Å². The smallest absolute Gasteiger partial charge is 0.152 e. The van der Waals surface area contributed by atoms with Crippen LogP contribution in [0, 0.1) is 11.3 Å². The van der Waals surface area contributed by atoms with Crippen molar-refractivity contribution >= 4 is 17.2 Å². The van der Waals surface area contributed by atoms with Crippen LogP contribution in [0.25, 0.3) is 0 Å². The number of nitriles is 1. The second-order valence-electron chi connectivity index (χ2n) is 3.56. The predicted octanol–water partition coefficient (Wildman–Crippen LogP) is 2.10. The highest BCUT2D eigenvalue weighted by Gasteiger charge is 2.05. The van der Waals surface area contributed by atoms with Crippen LogP contribution < -0.4 is 11.1 Å². The number of nitrogen functional groups attached to an aromatic ring is 1. The van der Waals surface area contributed by atoms with E-state index >= 15 is 0 Å². The molecule has 0 fully saturated rings. The Morgan fingerprint density at radius 2 is 2.29 bits per heavy atom. The van der Waals surface area contributed by atoms with Crippen LogP contribution in [-0.4, -0.2) is 9.78 Å². The molecule has 0 amide bonds. The lowest BCUT2D eigenvalue weighted by atomic mass is 10.1. The van der Waals surface area contributed by atoms with Crippen LogP contribution in [0.2, 0.25) is 0 Å². The molecule has 0 unspecified atom stereocenters. The summed E-state index contributed by atoms with van der Waals surface area (Å²) in [7, 11) is 0. The van der Waals surface area contributed by atoms with Gasteiger partial charge in [0.1, 0.15) is 6.07 Å². The normalized spacial score (nSPS) is 9.88. The minimum Gasteiger partial charge on any atom is -0.396 e. The summed E-state index contributed by atoms with van der Waals surface area (Å²) in [5.41, 5.74) is 7.47. The van der Waals surface area contributed by atoms with E-state index in [1.54, 1.807) is 12.1 Å². The molecule has 2 rings (SSSR count). The number of nitrogens with one attached hydrogen (secondary N) is 1. The monoisotopic (exact) mass is 227 g/mol. The third-order valence-corrected chi connectivity index (χ3v) is 2.45. The maximum atomic E-state index is 8.87. The summed E-state index contributed by atoms with van der Waals surface area (Å²) < 4.78 is 1.81. The van der Waals surface area contributed by atoms with Gasteiger partial charge in [0.15, 0.2) is 5.82 Å². The van der Waals surface area contributed by atoms with E-state index in [0.717, 1.165) is 6.54 Å². The van der Waals surface area contributed by atoms with E-state index in [1.807, 2.05) is 36.0 Å². The van der Waals surface area contributed by atoms with Crippen LogP contribution in [0.5, 0.6) is 0 Å². The molecule has 5 heteroatoms. The fraction of sp³-hybridized carbons (Fsp3) is 0.167. The van der Waals surface area contributed by atoms with Gasteiger partial charge in [0, 0.05) is 18.8 Å². The molecule has 17 heavy (non-hydrogen) atoms. The number of nitrogens with two attached hydrogens (primary N) is 1. The number of nitrogens with zero attached hydrogens (tertiary/aromatic N) is 3. The minimum atomic E-state index is 0.445. The second-order valence-corrected chi connectivity index (χ2v) is 3.56. The van der Waals surface area contributed by atoms with E-state index in [-0.39, 0.29) is 0 Å². The molecular weight excluding hydrogens is 214 g/mol. The first-order chi connectivity index (χ1) is 8.24. The Morgan fingerprint density at radius 3 is 2.94 bits per heavy atom.